The summed E-state index contributed by atoms with van der Waals surface area (Å²) in [7, 11) is 1.53. The van der Waals surface area contributed by atoms with E-state index in [1.165, 1.54) is 7.11 Å². The molecule has 0 aliphatic heterocycles. The standard InChI is InChI=1S/C21H22ClN3O3/c1-12-9-17-18(10-13(12)2)25(21(27)14(3)23-17)8-7-20(26)24-15-5-6-19(28-4)16(22)11-15/h5-6,9-11H,7-8H2,1-4H3,(H,24,26). The number of nitrogens with zero attached hydrogens (tertiary/aromatic N) is 2. The maximum absolute atomic E-state index is 12.6. The molecule has 0 fully saturated rings. The fraction of sp³-hybridized carbons (Fsp3) is 0.286. The zero-order chi connectivity index (χ0) is 20.4. The quantitative estimate of drug-likeness (QED) is 0.703. The molecule has 3 aromatic rings. The van der Waals surface area contributed by atoms with Crippen LogP contribution in [0.5, 0.6) is 5.75 Å². The first-order chi connectivity index (χ1) is 13.3. The van der Waals surface area contributed by atoms with E-state index in [2.05, 4.69) is 10.3 Å². The molecule has 0 bridgehead atoms. The molecule has 28 heavy (non-hydrogen) atoms. The summed E-state index contributed by atoms with van der Waals surface area (Å²) in [6, 6.07) is 8.94. The Hall–Kier alpha value is -2.86. The van der Waals surface area contributed by atoms with E-state index < -0.39 is 0 Å². The van der Waals surface area contributed by atoms with Gasteiger partial charge < -0.3 is 14.6 Å². The molecule has 0 spiro atoms. The molecule has 146 valence electrons. The van der Waals surface area contributed by atoms with Crippen LogP contribution in [-0.2, 0) is 11.3 Å². The van der Waals surface area contributed by atoms with E-state index in [0.717, 1.165) is 22.2 Å². The first kappa shape index (κ1) is 19.9. The Balaban J connectivity index is 1.82. The van der Waals surface area contributed by atoms with E-state index >= 15 is 0 Å². The van der Waals surface area contributed by atoms with Crippen molar-refractivity contribution in [3.8, 4) is 5.75 Å². The van der Waals surface area contributed by atoms with Crippen LogP contribution in [-0.4, -0.2) is 22.6 Å². The topological polar surface area (TPSA) is 73.2 Å². The lowest BCUT2D eigenvalue weighted by Crippen LogP contribution is -2.26. The van der Waals surface area contributed by atoms with Crippen molar-refractivity contribution in [2.45, 2.75) is 33.7 Å². The van der Waals surface area contributed by atoms with E-state index in [0.29, 0.717) is 22.2 Å². The van der Waals surface area contributed by atoms with Gasteiger partial charge in [0.15, 0.2) is 0 Å². The predicted octanol–water partition coefficient (Wildman–Crippen LogP) is 4.01. The number of amides is 1. The van der Waals surface area contributed by atoms with Crippen LogP contribution in [0.4, 0.5) is 5.69 Å². The molecule has 0 saturated heterocycles. The van der Waals surface area contributed by atoms with Crippen LogP contribution in [0.25, 0.3) is 11.0 Å². The number of carbonyl (C=O) groups excluding carboxylic acids is 1. The second kappa shape index (κ2) is 8.02. The van der Waals surface area contributed by atoms with Crippen LogP contribution in [0.3, 0.4) is 0 Å². The van der Waals surface area contributed by atoms with Gasteiger partial charge in [0.1, 0.15) is 11.4 Å². The number of carbonyl (C=O) groups is 1. The molecular weight excluding hydrogens is 378 g/mol. The third-order valence-corrected chi connectivity index (χ3v) is 5.02. The SMILES string of the molecule is COc1ccc(NC(=O)CCn2c(=O)c(C)nc3cc(C)c(C)cc32)cc1Cl. The first-order valence-electron chi connectivity index (χ1n) is 8.92. The van der Waals surface area contributed by atoms with Gasteiger partial charge in [-0.25, -0.2) is 4.98 Å². The molecule has 1 aromatic heterocycles. The van der Waals surface area contributed by atoms with Gasteiger partial charge in [0, 0.05) is 18.7 Å². The average molecular weight is 400 g/mol. The zero-order valence-electron chi connectivity index (χ0n) is 16.3. The van der Waals surface area contributed by atoms with Crippen molar-refractivity contribution in [1.82, 2.24) is 9.55 Å². The average Bonchev–Trinajstić information content (AvgIpc) is 2.64. The molecular formula is C21H22ClN3O3. The summed E-state index contributed by atoms with van der Waals surface area (Å²) < 4.78 is 6.72. The number of anilines is 1. The van der Waals surface area contributed by atoms with Crippen LogP contribution in [0.15, 0.2) is 35.1 Å². The third-order valence-electron chi connectivity index (χ3n) is 4.72. The maximum atomic E-state index is 12.6. The molecule has 6 nitrogen and oxygen atoms in total. The van der Waals surface area contributed by atoms with Gasteiger partial charge in [0.05, 0.1) is 23.2 Å². The molecule has 0 aliphatic carbocycles. The molecule has 0 radical (unpaired) electrons. The van der Waals surface area contributed by atoms with E-state index in [-0.39, 0.29) is 24.4 Å². The molecule has 2 aromatic carbocycles. The van der Waals surface area contributed by atoms with Gasteiger partial charge in [-0.1, -0.05) is 11.6 Å². The summed E-state index contributed by atoms with van der Waals surface area (Å²) >= 11 is 6.09. The van der Waals surface area contributed by atoms with Crippen molar-refractivity contribution in [2.24, 2.45) is 0 Å². The highest BCUT2D eigenvalue weighted by Crippen LogP contribution is 2.27. The van der Waals surface area contributed by atoms with Gasteiger partial charge in [-0.05, 0) is 62.2 Å². The number of fused-ring (bicyclic) bond motifs is 1. The second-order valence-corrected chi connectivity index (χ2v) is 7.13. The van der Waals surface area contributed by atoms with Gasteiger partial charge in [-0.2, -0.15) is 0 Å². The number of benzene rings is 2. The Morgan fingerprint density at radius 2 is 1.89 bits per heavy atom. The highest BCUT2D eigenvalue weighted by atomic mass is 35.5. The highest BCUT2D eigenvalue weighted by Gasteiger charge is 2.12. The van der Waals surface area contributed by atoms with E-state index in [1.54, 1.807) is 29.7 Å². The number of nitrogens with one attached hydrogen (secondary N) is 1. The van der Waals surface area contributed by atoms with Gasteiger partial charge in [0.2, 0.25) is 5.91 Å². The Kier molecular flexibility index (Phi) is 5.70. The fourth-order valence-electron chi connectivity index (χ4n) is 3.03. The summed E-state index contributed by atoms with van der Waals surface area (Å²) in [4.78, 5) is 29.4. The molecule has 1 amide bonds. The molecule has 0 saturated carbocycles. The van der Waals surface area contributed by atoms with Crippen LogP contribution < -0.4 is 15.6 Å². The molecule has 0 aliphatic rings. The number of rotatable bonds is 5. The molecule has 1 heterocycles. The predicted molar refractivity (Wildman–Crippen MR) is 111 cm³/mol. The van der Waals surface area contributed by atoms with Crippen molar-refractivity contribution in [3.05, 3.63) is 62.5 Å². The van der Waals surface area contributed by atoms with E-state index in [1.807, 2.05) is 26.0 Å². The summed E-state index contributed by atoms with van der Waals surface area (Å²) in [6.45, 7) is 5.95. The largest absolute Gasteiger partial charge is 0.495 e. The number of aryl methyl sites for hydroxylation is 4. The minimum Gasteiger partial charge on any atom is -0.495 e. The van der Waals surface area contributed by atoms with Crippen molar-refractivity contribution in [1.29, 1.82) is 0 Å². The van der Waals surface area contributed by atoms with E-state index in [9.17, 15) is 9.59 Å². The van der Waals surface area contributed by atoms with Crippen molar-refractivity contribution >= 4 is 34.2 Å². The van der Waals surface area contributed by atoms with Gasteiger partial charge in [-0.3, -0.25) is 9.59 Å². The minimum atomic E-state index is -0.209. The van der Waals surface area contributed by atoms with Crippen LogP contribution >= 0.6 is 11.6 Å². The maximum Gasteiger partial charge on any atom is 0.272 e. The molecule has 7 heteroatoms. The number of hydrogen-bond donors (Lipinski definition) is 1. The lowest BCUT2D eigenvalue weighted by atomic mass is 10.1. The lowest BCUT2D eigenvalue weighted by molar-refractivity contribution is -0.116. The summed E-state index contributed by atoms with van der Waals surface area (Å²) in [5.41, 5.74) is 4.48. The van der Waals surface area contributed by atoms with Crippen LogP contribution in [0.1, 0.15) is 23.2 Å². The number of halogens is 1. The van der Waals surface area contributed by atoms with Crippen LogP contribution in [0, 0.1) is 20.8 Å². The Morgan fingerprint density at radius 1 is 1.18 bits per heavy atom. The molecule has 3 rings (SSSR count). The normalized spacial score (nSPS) is 10.9. The van der Waals surface area contributed by atoms with Crippen molar-refractivity contribution in [2.75, 3.05) is 12.4 Å². The Bertz CT molecular complexity index is 1120. The number of ether oxygens (including phenoxy) is 1. The van der Waals surface area contributed by atoms with Gasteiger partial charge in [-0.15, -0.1) is 0 Å². The number of aromatic nitrogens is 2. The summed E-state index contributed by atoms with van der Waals surface area (Å²) in [6.07, 6.45) is 0.148. The Labute approximate surface area is 168 Å². The number of methoxy groups -OCH3 is 1. The molecule has 1 N–H and O–H groups in total. The monoisotopic (exact) mass is 399 g/mol. The molecule has 0 unspecified atom stereocenters. The zero-order valence-corrected chi connectivity index (χ0v) is 17.1. The highest BCUT2D eigenvalue weighted by molar-refractivity contribution is 6.32. The van der Waals surface area contributed by atoms with Gasteiger partial charge in [0.25, 0.3) is 5.56 Å². The number of hydrogen-bond acceptors (Lipinski definition) is 4. The summed E-state index contributed by atoms with van der Waals surface area (Å²) in [5, 5.41) is 3.21. The van der Waals surface area contributed by atoms with E-state index in [4.69, 9.17) is 16.3 Å². The molecule has 0 atom stereocenters. The Morgan fingerprint density at radius 3 is 2.57 bits per heavy atom. The van der Waals surface area contributed by atoms with Crippen LogP contribution in [0.2, 0.25) is 5.02 Å². The summed E-state index contributed by atoms with van der Waals surface area (Å²) in [5.74, 6) is 0.329. The lowest BCUT2D eigenvalue weighted by Gasteiger charge is -2.13. The third kappa shape index (κ3) is 4.02. The second-order valence-electron chi connectivity index (χ2n) is 6.73. The fourth-order valence-corrected chi connectivity index (χ4v) is 3.29. The first-order valence-corrected chi connectivity index (χ1v) is 9.29. The smallest absolute Gasteiger partial charge is 0.272 e. The minimum absolute atomic E-state index is 0.148. The van der Waals surface area contributed by atoms with Crippen molar-refractivity contribution in [3.63, 3.8) is 0 Å². The van der Waals surface area contributed by atoms with Gasteiger partial charge >= 0.3 is 0 Å². The van der Waals surface area contributed by atoms with Crippen molar-refractivity contribution < 1.29 is 9.53 Å².